The number of nitrogens with one attached hydrogen (secondary N) is 2. The third-order valence-corrected chi connectivity index (χ3v) is 15.9. The molecule has 4 heterocycles. The molecule has 3 aliphatic rings. The first kappa shape index (κ1) is 51.4. The molecule has 3 aromatic carbocycles. The first-order valence-corrected chi connectivity index (χ1v) is 26.0. The number of likely N-dealkylation sites (tertiary alicyclic amines) is 1. The number of anilines is 2. The van der Waals surface area contributed by atoms with E-state index in [9.17, 15) is 41.3 Å². The molecule has 0 spiro atoms. The van der Waals surface area contributed by atoms with Crippen LogP contribution in [0.4, 0.5) is 30.2 Å². The van der Waals surface area contributed by atoms with Crippen molar-refractivity contribution in [2.24, 2.45) is 17.3 Å². The molecule has 2 aromatic heterocycles. The molecule has 0 bridgehead atoms. The second kappa shape index (κ2) is 21.0. The van der Waals surface area contributed by atoms with Crippen LogP contribution < -0.4 is 15.0 Å². The molecule has 5 aromatic rings. The number of hydrogen-bond donors (Lipinski definition) is 2. The number of amides is 1. The monoisotopic (exact) mass is 1020 g/mol. The first-order chi connectivity index (χ1) is 33.6. The largest absolute Gasteiger partial charge is 0.455 e. The van der Waals surface area contributed by atoms with Crippen molar-refractivity contribution in [3.63, 3.8) is 0 Å². The van der Waals surface area contributed by atoms with Crippen molar-refractivity contribution in [3.05, 3.63) is 117 Å². The molecule has 1 amide bonds. The van der Waals surface area contributed by atoms with Gasteiger partial charge in [-0.05, 0) is 110 Å². The number of Topliss-reactive ketones (excluding diaryl/α,β-unsaturated/α-hetero) is 1. The summed E-state index contributed by atoms with van der Waals surface area (Å²) >= 11 is 6.55. The quantitative estimate of drug-likeness (QED) is 0.0547. The minimum Gasteiger partial charge on any atom is -0.455 e. The molecule has 8 rings (SSSR count). The summed E-state index contributed by atoms with van der Waals surface area (Å²) in [5.74, 6) is -0.936. The average Bonchev–Trinajstić information content (AvgIpc) is 3.80. The Morgan fingerprint density at radius 3 is 2.44 bits per heavy atom. The average molecular weight is 1020 g/mol. The minimum absolute atomic E-state index is 0.000986. The number of pyridine rings is 1. The van der Waals surface area contributed by atoms with E-state index in [1.807, 2.05) is 24.8 Å². The number of hydrogen-bond acceptors (Lipinski definition) is 11. The van der Waals surface area contributed by atoms with Gasteiger partial charge in [-0.1, -0.05) is 50.9 Å². The van der Waals surface area contributed by atoms with Crippen LogP contribution in [-0.2, 0) is 20.8 Å². The lowest BCUT2D eigenvalue weighted by Gasteiger charge is -2.39. The van der Waals surface area contributed by atoms with Crippen LogP contribution in [-0.4, -0.2) is 103 Å². The van der Waals surface area contributed by atoms with Crippen molar-refractivity contribution in [1.29, 1.82) is 0 Å². The molecule has 2 N–H and O–H groups in total. The molecule has 378 valence electrons. The van der Waals surface area contributed by atoms with Gasteiger partial charge in [0.15, 0.2) is 15.6 Å². The number of piperazine rings is 1. The number of piperidine rings is 1. The summed E-state index contributed by atoms with van der Waals surface area (Å²) < 4.78 is 74.7. The standard InChI is InChI=1S/C52H59ClF3N7O7S/c1-33(2)50(65)62-19-14-34(15-20-62)12-17-57-45-10-7-40(28-46(45)63(66)67)71(68,69)32-47(64)42-9-6-38(27-48(42)70-39-25-35-13-18-58-49(35)59-30-39)61-23-21-60(22-24-61)31-36-11-16-51(3,4)29-43(36)41-8-5-37(26-44(41)53)52(54,55)56/h5-10,13,18,25-28,30,33-34,57H,11-12,14-17,19-24,29,31-32H2,1-4H3,(H,58,59). The summed E-state index contributed by atoms with van der Waals surface area (Å²) in [6, 6.07) is 15.7. The molecular formula is C52H59ClF3N7O7S. The van der Waals surface area contributed by atoms with Crippen LogP contribution in [0.15, 0.2) is 89.6 Å². The van der Waals surface area contributed by atoms with Gasteiger partial charge in [-0.25, -0.2) is 13.4 Å². The lowest BCUT2D eigenvalue weighted by atomic mass is 9.72. The van der Waals surface area contributed by atoms with Gasteiger partial charge in [-0.2, -0.15) is 13.2 Å². The molecule has 14 nitrogen and oxygen atoms in total. The van der Waals surface area contributed by atoms with Gasteiger partial charge < -0.3 is 24.8 Å². The Hall–Kier alpha value is -5.98. The maximum atomic E-state index is 14.1. The van der Waals surface area contributed by atoms with Gasteiger partial charge in [0.2, 0.25) is 5.91 Å². The molecule has 0 radical (unpaired) electrons. The number of allylic oxidation sites excluding steroid dienone is 1. The van der Waals surface area contributed by atoms with Gasteiger partial charge in [0, 0.05) is 92.7 Å². The van der Waals surface area contributed by atoms with E-state index in [1.54, 1.807) is 24.4 Å². The Kier molecular flexibility index (Phi) is 15.2. The van der Waals surface area contributed by atoms with Crippen LogP contribution in [0.5, 0.6) is 11.5 Å². The van der Waals surface area contributed by atoms with E-state index in [4.69, 9.17) is 16.3 Å². The Morgan fingerprint density at radius 2 is 1.75 bits per heavy atom. The fourth-order valence-electron chi connectivity index (χ4n) is 9.84. The highest BCUT2D eigenvalue weighted by Crippen LogP contribution is 2.46. The fraction of sp³-hybridized carbons (Fsp3) is 0.442. The van der Waals surface area contributed by atoms with E-state index >= 15 is 0 Å². The Bertz CT molecular complexity index is 2960. The predicted molar refractivity (Wildman–Crippen MR) is 269 cm³/mol. The first-order valence-electron chi connectivity index (χ1n) is 24.0. The van der Waals surface area contributed by atoms with Crippen molar-refractivity contribution in [3.8, 4) is 11.5 Å². The highest BCUT2D eigenvalue weighted by Gasteiger charge is 2.34. The topological polar surface area (TPSA) is 171 Å². The number of ether oxygens (including phenoxy) is 1. The number of benzene rings is 3. The Morgan fingerprint density at radius 1 is 1.00 bits per heavy atom. The molecule has 0 saturated carbocycles. The van der Waals surface area contributed by atoms with Crippen LogP contribution in [0.25, 0.3) is 16.6 Å². The Labute approximate surface area is 416 Å². The highest BCUT2D eigenvalue weighted by atomic mass is 35.5. The number of fused-ring (bicyclic) bond motifs is 1. The van der Waals surface area contributed by atoms with Crippen LogP contribution >= 0.6 is 11.6 Å². The number of nitro groups is 1. The van der Waals surface area contributed by atoms with E-state index in [1.165, 1.54) is 30.5 Å². The van der Waals surface area contributed by atoms with E-state index in [0.717, 1.165) is 72.5 Å². The third-order valence-electron chi connectivity index (χ3n) is 14.0. The molecule has 2 fully saturated rings. The maximum absolute atomic E-state index is 14.1. The van der Waals surface area contributed by atoms with E-state index in [0.29, 0.717) is 81.7 Å². The molecule has 2 saturated heterocycles. The maximum Gasteiger partial charge on any atom is 0.416 e. The number of aromatic amines is 1. The summed E-state index contributed by atoms with van der Waals surface area (Å²) in [5, 5.41) is 16.2. The molecular weight excluding hydrogens is 959 g/mol. The summed E-state index contributed by atoms with van der Waals surface area (Å²) in [5.41, 5.74) is 3.03. The van der Waals surface area contributed by atoms with Gasteiger partial charge >= 0.3 is 6.18 Å². The number of aromatic nitrogens is 2. The number of rotatable bonds is 16. The summed E-state index contributed by atoms with van der Waals surface area (Å²) in [7, 11) is -4.39. The molecule has 19 heteroatoms. The molecule has 1 aliphatic carbocycles. The Balaban J connectivity index is 0.966. The number of sulfone groups is 1. The highest BCUT2D eigenvalue weighted by molar-refractivity contribution is 7.92. The zero-order valence-electron chi connectivity index (χ0n) is 40.3. The van der Waals surface area contributed by atoms with Gasteiger partial charge in [-0.15, -0.1) is 0 Å². The smallest absolute Gasteiger partial charge is 0.416 e. The van der Waals surface area contributed by atoms with Crippen molar-refractivity contribution in [2.75, 3.05) is 68.3 Å². The SMILES string of the molecule is CC(C)C(=O)N1CCC(CCNc2ccc(S(=O)(=O)CC(=O)c3ccc(N4CCN(CC5=C(c6ccc(C(F)(F)F)cc6Cl)CC(C)(C)CC5)CC4)cc3Oc3cnc4[nH]ccc4c3)cc2[N+](=O)[O-])CC1. The van der Waals surface area contributed by atoms with Crippen molar-refractivity contribution in [2.45, 2.75) is 77.3 Å². The normalized spacial score (nSPS) is 17.3. The minimum atomic E-state index is -4.50. The zero-order valence-corrected chi connectivity index (χ0v) is 41.9. The fourth-order valence-corrected chi connectivity index (χ4v) is 11.4. The predicted octanol–water partition coefficient (Wildman–Crippen LogP) is 11.1. The summed E-state index contributed by atoms with van der Waals surface area (Å²) in [6.07, 6.45) is 3.51. The summed E-state index contributed by atoms with van der Waals surface area (Å²) in [6.45, 7) is 13.0. The lowest BCUT2D eigenvalue weighted by molar-refractivity contribution is -0.384. The van der Waals surface area contributed by atoms with Crippen LogP contribution in [0.2, 0.25) is 5.02 Å². The number of H-pyrrole nitrogens is 1. The second-order valence-electron chi connectivity index (χ2n) is 20.0. The molecule has 71 heavy (non-hydrogen) atoms. The van der Waals surface area contributed by atoms with Gasteiger partial charge in [-0.3, -0.25) is 24.6 Å². The third kappa shape index (κ3) is 12.2. The van der Waals surface area contributed by atoms with Crippen molar-refractivity contribution >= 4 is 66.8 Å². The molecule has 2 aliphatic heterocycles. The summed E-state index contributed by atoms with van der Waals surface area (Å²) in [4.78, 5) is 51.5. The second-order valence-corrected chi connectivity index (χ2v) is 22.4. The lowest BCUT2D eigenvalue weighted by Crippen LogP contribution is -2.47. The van der Waals surface area contributed by atoms with E-state index in [-0.39, 0.29) is 44.2 Å². The zero-order chi connectivity index (χ0) is 50.8. The van der Waals surface area contributed by atoms with Crippen molar-refractivity contribution < 1.29 is 40.8 Å². The number of carbonyl (C=O) groups is 2. The molecule has 0 atom stereocenters. The van der Waals surface area contributed by atoms with E-state index < -0.39 is 43.7 Å². The number of alkyl halides is 3. The number of nitrogens with zero attached hydrogens (tertiary/aromatic N) is 5. The molecule has 0 unspecified atom stereocenters. The number of ketones is 1. The van der Waals surface area contributed by atoms with Crippen LogP contribution in [0.3, 0.4) is 0 Å². The van der Waals surface area contributed by atoms with Crippen LogP contribution in [0, 0.1) is 27.4 Å². The van der Waals surface area contributed by atoms with Gasteiger partial charge in [0.1, 0.15) is 28.6 Å². The number of halogens is 4. The number of nitro benzene ring substituents is 1. The van der Waals surface area contributed by atoms with Crippen molar-refractivity contribution in [1.82, 2.24) is 19.8 Å². The van der Waals surface area contributed by atoms with Crippen LogP contribution in [0.1, 0.15) is 87.7 Å². The van der Waals surface area contributed by atoms with E-state index in [2.05, 4.69) is 38.9 Å². The van der Waals surface area contributed by atoms with Gasteiger partial charge in [0.25, 0.3) is 5.69 Å². The van der Waals surface area contributed by atoms with Gasteiger partial charge in [0.05, 0.1) is 27.1 Å². The number of carbonyl (C=O) groups excluding carboxylic acids is 2.